The molecule has 1 saturated heterocycles. The molecule has 2 heterocycles. The van der Waals surface area contributed by atoms with Gasteiger partial charge < -0.3 is 9.47 Å². The van der Waals surface area contributed by atoms with Gasteiger partial charge >= 0.3 is 0 Å². The Bertz CT molecular complexity index is 849. The van der Waals surface area contributed by atoms with Gasteiger partial charge in [0.15, 0.2) is 5.43 Å². The summed E-state index contributed by atoms with van der Waals surface area (Å²) in [7, 11) is 0. The molecular weight excluding hydrogens is 272 g/mol. The zero-order valence-electron chi connectivity index (χ0n) is 10.7. The van der Waals surface area contributed by atoms with Crippen LogP contribution in [0.15, 0.2) is 47.3 Å². The Labute approximate surface area is 119 Å². The zero-order valence-corrected chi connectivity index (χ0v) is 11.5. The lowest BCUT2D eigenvalue weighted by Crippen LogP contribution is -2.08. The lowest BCUT2D eigenvalue weighted by atomic mass is 10.1. The van der Waals surface area contributed by atoms with E-state index in [2.05, 4.69) is 0 Å². The molecule has 0 N–H and O–H groups in total. The summed E-state index contributed by atoms with van der Waals surface area (Å²) in [6.45, 7) is 1.26. The Morgan fingerprint density at radius 3 is 2.80 bits per heavy atom. The van der Waals surface area contributed by atoms with Gasteiger partial charge in [0.25, 0.3) is 0 Å². The second-order valence-corrected chi connectivity index (χ2v) is 5.91. The van der Waals surface area contributed by atoms with E-state index in [9.17, 15) is 4.79 Å². The van der Waals surface area contributed by atoms with Crippen LogP contribution in [-0.4, -0.2) is 19.3 Å². The largest absolute Gasteiger partial charge is 0.490 e. The van der Waals surface area contributed by atoms with E-state index in [1.807, 2.05) is 42.5 Å². The minimum absolute atomic E-state index is 0.0432. The number of hydrogen-bond acceptors (Lipinski definition) is 4. The zero-order chi connectivity index (χ0) is 13.5. The van der Waals surface area contributed by atoms with Crippen LogP contribution in [0.3, 0.4) is 0 Å². The van der Waals surface area contributed by atoms with Crippen molar-refractivity contribution in [1.82, 2.24) is 0 Å². The molecule has 0 saturated carbocycles. The SMILES string of the molecule is O=c1c2ccccc2sc2cccc(OCC3CO3)c12. The first-order chi connectivity index (χ1) is 9.83. The fourth-order valence-corrected chi connectivity index (χ4v) is 3.38. The number of benzene rings is 2. The molecule has 4 rings (SSSR count). The van der Waals surface area contributed by atoms with Crippen LogP contribution < -0.4 is 10.2 Å². The van der Waals surface area contributed by atoms with Crippen LogP contribution >= 0.6 is 11.3 Å². The molecule has 1 aromatic heterocycles. The lowest BCUT2D eigenvalue weighted by Gasteiger charge is -2.08. The topological polar surface area (TPSA) is 38.8 Å². The van der Waals surface area contributed by atoms with Crippen LogP contribution in [0.5, 0.6) is 5.75 Å². The number of ether oxygens (including phenoxy) is 2. The quantitative estimate of drug-likeness (QED) is 0.547. The minimum atomic E-state index is 0.0432. The van der Waals surface area contributed by atoms with Gasteiger partial charge in [0.2, 0.25) is 0 Å². The predicted octanol–water partition coefficient (Wildman–Crippen LogP) is 3.19. The molecule has 4 heteroatoms. The highest BCUT2D eigenvalue weighted by molar-refractivity contribution is 7.24. The van der Waals surface area contributed by atoms with Crippen molar-refractivity contribution < 1.29 is 9.47 Å². The smallest absolute Gasteiger partial charge is 0.199 e. The van der Waals surface area contributed by atoms with E-state index in [0.717, 1.165) is 21.4 Å². The number of hydrogen-bond donors (Lipinski definition) is 0. The van der Waals surface area contributed by atoms with E-state index in [0.29, 0.717) is 17.7 Å². The van der Waals surface area contributed by atoms with Crippen molar-refractivity contribution in [2.75, 3.05) is 13.2 Å². The van der Waals surface area contributed by atoms with Crippen molar-refractivity contribution in [2.24, 2.45) is 0 Å². The molecule has 0 aliphatic carbocycles. The monoisotopic (exact) mass is 284 g/mol. The summed E-state index contributed by atoms with van der Waals surface area (Å²) in [5, 5.41) is 1.43. The fraction of sp³-hybridized carbons (Fsp3) is 0.188. The summed E-state index contributed by atoms with van der Waals surface area (Å²) in [6.07, 6.45) is 0.185. The third-order valence-electron chi connectivity index (χ3n) is 3.39. The van der Waals surface area contributed by atoms with Gasteiger partial charge in [-0.1, -0.05) is 18.2 Å². The average molecular weight is 284 g/mol. The third kappa shape index (κ3) is 1.97. The fourth-order valence-electron chi connectivity index (χ4n) is 2.28. The van der Waals surface area contributed by atoms with Crippen LogP contribution in [0.2, 0.25) is 0 Å². The van der Waals surface area contributed by atoms with E-state index in [4.69, 9.17) is 9.47 Å². The molecule has 0 amide bonds. The van der Waals surface area contributed by atoms with Gasteiger partial charge in [-0.15, -0.1) is 11.3 Å². The molecule has 2 aromatic carbocycles. The Morgan fingerprint density at radius 2 is 1.95 bits per heavy atom. The highest BCUT2D eigenvalue weighted by Crippen LogP contribution is 2.30. The summed E-state index contributed by atoms with van der Waals surface area (Å²) in [5.74, 6) is 0.657. The second kappa shape index (κ2) is 4.58. The molecule has 1 fully saturated rings. The molecule has 100 valence electrons. The van der Waals surface area contributed by atoms with Crippen LogP contribution in [0.1, 0.15) is 0 Å². The van der Waals surface area contributed by atoms with Gasteiger partial charge in [-0.05, 0) is 24.3 Å². The highest BCUT2D eigenvalue weighted by Gasteiger charge is 2.23. The molecule has 3 aromatic rings. The lowest BCUT2D eigenvalue weighted by molar-refractivity contribution is 0.265. The Balaban J connectivity index is 1.95. The molecule has 3 nitrogen and oxygen atoms in total. The van der Waals surface area contributed by atoms with Crippen molar-refractivity contribution in [1.29, 1.82) is 0 Å². The van der Waals surface area contributed by atoms with Crippen LogP contribution in [0, 0.1) is 0 Å². The van der Waals surface area contributed by atoms with E-state index in [-0.39, 0.29) is 11.5 Å². The third-order valence-corrected chi connectivity index (χ3v) is 4.53. The first-order valence-corrected chi connectivity index (χ1v) is 7.33. The minimum Gasteiger partial charge on any atom is -0.490 e. The summed E-state index contributed by atoms with van der Waals surface area (Å²) in [5.41, 5.74) is 0.0432. The highest BCUT2D eigenvalue weighted by atomic mass is 32.1. The molecule has 0 radical (unpaired) electrons. The second-order valence-electron chi connectivity index (χ2n) is 4.82. The normalized spacial score (nSPS) is 17.5. The number of fused-ring (bicyclic) bond motifs is 2. The number of rotatable bonds is 3. The van der Waals surface area contributed by atoms with Crippen molar-refractivity contribution in [3.05, 3.63) is 52.7 Å². The van der Waals surface area contributed by atoms with Crippen molar-refractivity contribution in [2.45, 2.75) is 6.10 Å². The predicted molar refractivity (Wildman–Crippen MR) is 80.8 cm³/mol. The van der Waals surface area contributed by atoms with Crippen LogP contribution in [-0.2, 0) is 4.74 Å². The molecule has 0 spiro atoms. The Kier molecular flexibility index (Phi) is 2.72. The molecule has 1 unspecified atom stereocenters. The summed E-state index contributed by atoms with van der Waals surface area (Å²) < 4.78 is 12.9. The maximum absolute atomic E-state index is 12.7. The molecule has 1 atom stereocenters. The first-order valence-electron chi connectivity index (χ1n) is 6.52. The number of epoxide rings is 1. The van der Waals surface area contributed by atoms with Crippen molar-refractivity contribution in [3.63, 3.8) is 0 Å². The Hall–Kier alpha value is -1.91. The van der Waals surface area contributed by atoms with Crippen molar-refractivity contribution in [3.8, 4) is 5.75 Å². The van der Waals surface area contributed by atoms with Gasteiger partial charge in [-0.3, -0.25) is 4.79 Å². The standard InChI is InChI=1S/C16H12O3S/c17-16-11-4-1-2-6-13(11)20-14-7-3-5-12(15(14)16)19-9-10-8-18-10/h1-7,10H,8-9H2. The van der Waals surface area contributed by atoms with Gasteiger partial charge in [0.1, 0.15) is 18.5 Å². The van der Waals surface area contributed by atoms with E-state index < -0.39 is 0 Å². The molecule has 20 heavy (non-hydrogen) atoms. The van der Waals surface area contributed by atoms with Gasteiger partial charge in [0, 0.05) is 14.8 Å². The maximum atomic E-state index is 12.7. The molecule has 1 aliphatic rings. The van der Waals surface area contributed by atoms with E-state index in [1.54, 1.807) is 11.3 Å². The van der Waals surface area contributed by atoms with E-state index in [1.165, 1.54) is 0 Å². The summed E-state index contributed by atoms with van der Waals surface area (Å²) >= 11 is 1.62. The van der Waals surface area contributed by atoms with E-state index >= 15 is 0 Å². The van der Waals surface area contributed by atoms with Crippen LogP contribution in [0.25, 0.3) is 20.2 Å². The molecule has 1 aliphatic heterocycles. The maximum Gasteiger partial charge on any atom is 0.199 e. The first kappa shape index (κ1) is 11.9. The van der Waals surface area contributed by atoms with Crippen LogP contribution in [0.4, 0.5) is 0 Å². The average Bonchev–Trinajstić information content (AvgIpc) is 3.29. The molecule has 0 bridgehead atoms. The molecular formula is C16H12O3S. The van der Waals surface area contributed by atoms with Gasteiger partial charge in [-0.25, -0.2) is 0 Å². The summed E-state index contributed by atoms with van der Waals surface area (Å²) in [6, 6.07) is 13.4. The van der Waals surface area contributed by atoms with Gasteiger partial charge in [0.05, 0.1) is 12.0 Å². The Morgan fingerprint density at radius 1 is 1.15 bits per heavy atom. The van der Waals surface area contributed by atoms with Gasteiger partial charge in [-0.2, -0.15) is 0 Å². The van der Waals surface area contributed by atoms with Crippen molar-refractivity contribution >= 4 is 31.5 Å². The summed E-state index contributed by atoms with van der Waals surface area (Å²) in [4.78, 5) is 12.7.